The van der Waals surface area contributed by atoms with E-state index in [0.29, 0.717) is 17.5 Å². The molecule has 1 aromatic carbocycles. The van der Waals surface area contributed by atoms with E-state index < -0.39 is 4.92 Å². The average Bonchev–Trinajstić information content (AvgIpc) is 2.64. The summed E-state index contributed by atoms with van der Waals surface area (Å²) in [6.45, 7) is 2.25. The molecule has 2 unspecified atom stereocenters. The standard InChI is InChI=1S/C15H20N2O3/c1-11-3-2-4-13(7-5-11)16-14-8-6-12(10-18)9-15(14)17(19)20/h6,8-11,13,16H,2-5,7H2,1H3. The Morgan fingerprint density at radius 2 is 2.10 bits per heavy atom. The number of rotatable bonds is 4. The predicted octanol–water partition coefficient (Wildman–Crippen LogP) is 3.79. The molecule has 1 N–H and O–H groups in total. The number of aldehydes is 1. The Morgan fingerprint density at radius 3 is 2.80 bits per heavy atom. The number of hydrogen-bond donors (Lipinski definition) is 1. The van der Waals surface area contributed by atoms with Crippen molar-refractivity contribution in [2.45, 2.75) is 45.1 Å². The van der Waals surface area contributed by atoms with Crippen LogP contribution in [-0.4, -0.2) is 17.3 Å². The van der Waals surface area contributed by atoms with Crippen molar-refractivity contribution in [1.29, 1.82) is 0 Å². The van der Waals surface area contributed by atoms with Gasteiger partial charge in [-0.1, -0.05) is 19.8 Å². The number of nitro groups is 1. The fourth-order valence-corrected chi connectivity index (χ4v) is 2.75. The van der Waals surface area contributed by atoms with Crippen molar-refractivity contribution in [1.82, 2.24) is 0 Å². The average molecular weight is 276 g/mol. The lowest BCUT2D eigenvalue weighted by atomic mass is 10.0. The maximum absolute atomic E-state index is 11.1. The minimum absolute atomic E-state index is 0.0214. The van der Waals surface area contributed by atoms with Gasteiger partial charge in [0.15, 0.2) is 0 Å². The van der Waals surface area contributed by atoms with Gasteiger partial charge in [0.2, 0.25) is 0 Å². The maximum Gasteiger partial charge on any atom is 0.293 e. The number of benzene rings is 1. The van der Waals surface area contributed by atoms with E-state index in [2.05, 4.69) is 12.2 Å². The lowest BCUT2D eigenvalue weighted by molar-refractivity contribution is -0.384. The van der Waals surface area contributed by atoms with Crippen molar-refractivity contribution < 1.29 is 9.72 Å². The van der Waals surface area contributed by atoms with Crippen molar-refractivity contribution in [3.63, 3.8) is 0 Å². The minimum atomic E-state index is -0.436. The van der Waals surface area contributed by atoms with Crippen LogP contribution in [-0.2, 0) is 0 Å². The number of nitrogens with zero attached hydrogens (tertiary/aromatic N) is 1. The number of carbonyl (C=O) groups excluding carboxylic acids is 1. The number of nitro benzene ring substituents is 1. The number of carbonyl (C=O) groups is 1. The van der Waals surface area contributed by atoms with Gasteiger partial charge in [0.1, 0.15) is 12.0 Å². The van der Waals surface area contributed by atoms with Crippen LogP contribution in [0.15, 0.2) is 18.2 Å². The first kappa shape index (κ1) is 14.5. The highest BCUT2D eigenvalue weighted by atomic mass is 16.6. The van der Waals surface area contributed by atoms with Crippen LogP contribution in [0, 0.1) is 16.0 Å². The summed E-state index contributed by atoms with van der Waals surface area (Å²) in [7, 11) is 0. The van der Waals surface area contributed by atoms with Gasteiger partial charge in [-0.25, -0.2) is 0 Å². The molecular formula is C15H20N2O3. The zero-order valence-electron chi connectivity index (χ0n) is 11.7. The van der Waals surface area contributed by atoms with E-state index in [1.165, 1.54) is 12.5 Å². The lowest BCUT2D eigenvalue weighted by Gasteiger charge is -2.17. The molecule has 0 spiro atoms. The molecule has 0 amide bonds. The molecule has 1 fully saturated rings. The Kier molecular flexibility index (Phi) is 4.71. The quantitative estimate of drug-likeness (QED) is 0.393. The van der Waals surface area contributed by atoms with Crippen LogP contribution in [0.25, 0.3) is 0 Å². The van der Waals surface area contributed by atoms with Crippen LogP contribution in [0.2, 0.25) is 0 Å². The molecule has 5 nitrogen and oxygen atoms in total. The molecule has 108 valence electrons. The third-order valence-corrected chi connectivity index (χ3v) is 3.97. The third-order valence-electron chi connectivity index (χ3n) is 3.97. The lowest BCUT2D eigenvalue weighted by Crippen LogP contribution is -2.19. The minimum Gasteiger partial charge on any atom is -0.377 e. The number of anilines is 1. The van der Waals surface area contributed by atoms with Crippen molar-refractivity contribution in [3.8, 4) is 0 Å². The summed E-state index contributed by atoms with van der Waals surface area (Å²) in [6, 6.07) is 4.85. The molecule has 0 bridgehead atoms. The Morgan fingerprint density at radius 1 is 1.30 bits per heavy atom. The van der Waals surface area contributed by atoms with Gasteiger partial charge in [-0.3, -0.25) is 14.9 Å². The molecule has 1 aliphatic carbocycles. The van der Waals surface area contributed by atoms with E-state index in [4.69, 9.17) is 0 Å². The van der Waals surface area contributed by atoms with Crippen LogP contribution < -0.4 is 5.32 Å². The predicted molar refractivity (Wildman–Crippen MR) is 78.1 cm³/mol. The van der Waals surface area contributed by atoms with Gasteiger partial charge < -0.3 is 5.32 Å². The summed E-state index contributed by atoms with van der Waals surface area (Å²) in [6.07, 6.45) is 6.23. The number of hydrogen-bond acceptors (Lipinski definition) is 4. The van der Waals surface area contributed by atoms with E-state index in [1.807, 2.05) is 0 Å². The fourth-order valence-electron chi connectivity index (χ4n) is 2.75. The third kappa shape index (κ3) is 3.56. The molecule has 20 heavy (non-hydrogen) atoms. The molecule has 2 rings (SSSR count). The van der Waals surface area contributed by atoms with Crippen LogP contribution in [0.1, 0.15) is 49.4 Å². The zero-order chi connectivity index (χ0) is 14.5. The second-order valence-corrected chi connectivity index (χ2v) is 5.61. The SMILES string of the molecule is CC1CCCC(Nc2ccc(C=O)cc2[N+](=O)[O-])CC1. The molecule has 1 aromatic rings. The van der Waals surface area contributed by atoms with Crippen molar-refractivity contribution in [2.24, 2.45) is 5.92 Å². The van der Waals surface area contributed by atoms with Gasteiger partial charge in [-0.05, 0) is 37.3 Å². The second-order valence-electron chi connectivity index (χ2n) is 5.61. The topological polar surface area (TPSA) is 72.2 Å². The van der Waals surface area contributed by atoms with Crippen LogP contribution >= 0.6 is 0 Å². The first-order valence-electron chi connectivity index (χ1n) is 7.10. The van der Waals surface area contributed by atoms with Gasteiger partial charge >= 0.3 is 0 Å². The van der Waals surface area contributed by atoms with Crippen molar-refractivity contribution in [2.75, 3.05) is 5.32 Å². The smallest absolute Gasteiger partial charge is 0.293 e. The van der Waals surface area contributed by atoms with Gasteiger partial charge in [-0.2, -0.15) is 0 Å². The van der Waals surface area contributed by atoms with E-state index in [0.717, 1.165) is 31.6 Å². The molecule has 0 aliphatic heterocycles. The Hall–Kier alpha value is -1.91. The van der Waals surface area contributed by atoms with Crippen molar-refractivity contribution >= 4 is 17.7 Å². The van der Waals surface area contributed by atoms with Gasteiger partial charge in [-0.15, -0.1) is 0 Å². The Labute approximate surface area is 118 Å². The highest BCUT2D eigenvalue weighted by Crippen LogP contribution is 2.29. The summed E-state index contributed by atoms with van der Waals surface area (Å²) < 4.78 is 0. The zero-order valence-corrected chi connectivity index (χ0v) is 11.7. The molecule has 0 aromatic heterocycles. The summed E-state index contributed by atoms with van der Waals surface area (Å²) in [4.78, 5) is 21.4. The van der Waals surface area contributed by atoms with Gasteiger partial charge in [0.25, 0.3) is 5.69 Å². The first-order chi connectivity index (χ1) is 9.60. The summed E-state index contributed by atoms with van der Waals surface area (Å²) >= 11 is 0. The van der Waals surface area contributed by atoms with E-state index in [9.17, 15) is 14.9 Å². The summed E-state index contributed by atoms with van der Waals surface area (Å²) in [5, 5.41) is 14.4. The molecule has 2 atom stereocenters. The number of nitrogens with one attached hydrogen (secondary N) is 1. The molecule has 0 saturated heterocycles. The second kappa shape index (κ2) is 6.50. The van der Waals surface area contributed by atoms with E-state index in [-0.39, 0.29) is 11.7 Å². The Bertz CT molecular complexity index is 502. The fraction of sp³-hybridized carbons (Fsp3) is 0.533. The van der Waals surface area contributed by atoms with Crippen molar-refractivity contribution in [3.05, 3.63) is 33.9 Å². The van der Waals surface area contributed by atoms with Crippen LogP contribution in [0.3, 0.4) is 0 Å². The molecule has 5 heteroatoms. The molecule has 1 aliphatic rings. The molecule has 1 saturated carbocycles. The maximum atomic E-state index is 11.1. The van der Waals surface area contributed by atoms with Crippen LogP contribution in [0.5, 0.6) is 0 Å². The summed E-state index contributed by atoms with van der Waals surface area (Å²) in [5.74, 6) is 0.731. The van der Waals surface area contributed by atoms with E-state index >= 15 is 0 Å². The molecule has 0 heterocycles. The molecular weight excluding hydrogens is 256 g/mol. The summed E-state index contributed by atoms with van der Waals surface area (Å²) in [5.41, 5.74) is 0.823. The highest BCUT2D eigenvalue weighted by molar-refractivity contribution is 5.79. The normalized spacial score (nSPS) is 22.9. The highest BCUT2D eigenvalue weighted by Gasteiger charge is 2.20. The Balaban J connectivity index is 2.15. The molecule has 0 radical (unpaired) electrons. The van der Waals surface area contributed by atoms with E-state index in [1.54, 1.807) is 12.1 Å². The first-order valence-corrected chi connectivity index (χ1v) is 7.10. The van der Waals surface area contributed by atoms with Gasteiger partial charge in [0, 0.05) is 17.7 Å². The van der Waals surface area contributed by atoms with Gasteiger partial charge in [0.05, 0.1) is 4.92 Å². The van der Waals surface area contributed by atoms with Crippen LogP contribution in [0.4, 0.5) is 11.4 Å². The largest absolute Gasteiger partial charge is 0.377 e. The monoisotopic (exact) mass is 276 g/mol.